The number of fused-ring (bicyclic) bond motifs is 2. The van der Waals surface area contributed by atoms with E-state index in [0.717, 1.165) is 27.4 Å². The number of methoxy groups -OCH3 is 1. The number of anilines is 1. The van der Waals surface area contributed by atoms with Crippen LogP contribution in [0.4, 0.5) is 10.1 Å². The monoisotopic (exact) mass is 427 g/mol. The molecule has 0 atom stereocenters. The number of nitrogens with zero attached hydrogens (tertiary/aromatic N) is 2. The molecule has 6 heteroatoms. The maximum absolute atomic E-state index is 13.8. The van der Waals surface area contributed by atoms with E-state index in [1.165, 1.54) is 12.1 Å². The largest absolute Gasteiger partial charge is 0.496 e. The molecule has 0 unspecified atom stereocenters. The van der Waals surface area contributed by atoms with Crippen molar-refractivity contribution in [2.75, 3.05) is 12.4 Å². The summed E-state index contributed by atoms with van der Waals surface area (Å²) in [5, 5.41) is 4.89. The molecule has 0 spiro atoms. The molecule has 1 amide bonds. The summed E-state index contributed by atoms with van der Waals surface area (Å²) in [6.45, 7) is 0.356. The molecule has 5 rings (SSSR count). The van der Waals surface area contributed by atoms with Crippen molar-refractivity contribution in [1.82, 2.24) is 9.13 Å². The van der Waals surface area contributed by atoms with Gasteiger partial charge in [-0.2, -0.15) is 0 Å². The summed E-state index contributed by atoms with van der Waals surface area (Å²) < 4.78 is 23.2. The smallest absolute Gasteiger partial charge is 0.272 e. The number of hydrogen-bond acceptors (Lipinski definition) is 2. The van der Waals surface area contributed by atoms with E-state index < -0.39 is 0 Å². The molecule has 0 radical (unpaired) electrons. The molecule has 0 aliphatic heterocycles. The highest BCUT2D eigenvalue weighted by atomic mass is 19.1. The lowest BCUT2D eigenvalue weighted by Crippen LogP contribution is -2.17. The lowest BCUT2D eigenvalue weighted by molar-refractivity contribution is 0.101. The zero-order valence-corrected chi connectivity index (χ0v) is 17.8. The van der Waals surface area contributed by atoms with Crippen LogP contribution in [0.5, 0.6) is 5.75 Å². The van der Waals surface area contributed by atoms with Gasteiger partial charge in [0, 0.05) is 41.8 Å². The Kier molecular flexibility index (Phi) is 4.90. The van der Waals surface area contributed by atoms with Crippen LogP contribution in [-0.4, -0.2) is 22.2 Å². The minimum atomic E-state index is -0.307. The van der Waals surface area contributed by atoms with Gasteiger partial charge in [0.05, 0.1) is 12.6 Å². The minimum absolute atomic E-state index is 0.241. The predicted molar refractivity (Wildman–Crippen MR) is 125 cm³/mol. The van der Waals surface area contributed by atoms with Crippen LogP contribution in [0.2, 0.25) is 0 Å². The van der Waals surface area contributed by atoms with Gasteiger partial charge >= 0.3 is 0 Å². The molecular weight excluding hydrogens is 405 g/mol. The number of carbonyl (C=O) groups is 1. The fourth-order valence-corrected chi connectivity index (χ4v) is 4.17. The van der Waals surface area contributed by atoms with Gasteiger partial charge in [-0.1, -0.05) is 18.2 Å². The number of hydrogen-bond donors (Lipinski definition) is 1. The third-order valence-electron chi connectivity index (χ3n) is 5.73. The van der Waals surface area contributed by atoms with E-state index in [-0.39, 0.29) is 11.7 Å². The molecule has 2 heterocycles. The highest BCUT2D eigenvalue weighted by molar-refractivity contribution is 6.08. The van der Waals surface area contributed by atoms with E-state index >= 15 is 0 Å². The Morgan fingerprint density at radius 3 is 2.66 bits per heavy atom. The molecule has 3 aromatic carbocycles. The first-order chi connectivity index (χ1) is 15.5. The van der Waals surface area contributed by atoms with Crippen LogP contribution in [0.15, 0.2) is 79.0 Å². The summed E-state index contributed by atoms with van der Waals surface area (Å²) in [5.41, 5.74) is 3.89. The standard InChI is InChI=1S/C26H22FN3O2/c1-29-12-11-18-14-20(9-10-22(18)29)28-26(31)24-15-21-23(7-4-8-25(21)32-2)30(24)16-17-5-3-6-19(27)13-17/h3-15H,16H2,1-2H3,(H,28,31). The number of amides is 1. The number of ether oxygens (including phenoxy) is 1. The zero-order chi connectivity index (χ0) is 22.2. The second kappa shape index (κ2) is 7.89. The van der Waals surface area contributed by atoms with Crippen LogP contribution in [0.3, 0.4) is 0 Å². The van der Waals surface area contributed by atoms with Gasteiger partial charge in [0.15, 0.2) is 0 Å². The van der Waals surface area contributed by atoms with Crippen molar-refractivity contribution < 1.29 is 13.9 Å². The van der Waals surface area contributed by atoms with Gasteiger partial charge in [-0.25, -0.2) is 4.39 Å². The lowest BCUT2D eigenvalue weighted by Gasteiger charge is -2.12. The summed E-state index contributed by atoms with van der Waals surface area (Å²) in [4.78, 5) is 13.4. The van der Waals surface area contributed by atoms with Crippen molar-refractivity contribution in [2.45, 2.75) is 6.54 Å². The van der Waals surface area contributed by atoms with E-state index in [0.29, 0.717) is 23.7 Å². The Bertz CT molecular complexity index is 1470. The number of nitrogens with one attached hydrogen (secondary N) is 1. The molecule has 160 valence electrons. The van der Waals surface area contributed by atoms with E-state index in [1.54, 1.807) is 13.2 Å². The van der Waals surface area contributed by atoms with Crippen molar-refractivity contribution in [3.63, 3.8) is 0 Å². The molecule has 0 aliphatic rings. The normalized spacial score (nSPS) is 11.2. The third-order valence-corrected chi connectivity index (χ3v) is 5.73. The second-order valence-electron chi connectivity index (χ2n) is 7.79. The first-order valence-electron chi connectivity index (χ1n) is 10.3. The quantitative estimate of drug-likeness (QED) is 0.398. The van der Waals surface area contributed by atoms with Crippen LogP contribution < -0.4 is 10.1 Å². The molecule has 0 aliphatic carbocycles. The van der Waals surface area contributed by atoms with Gasteiger partial charge < -0.3 is 19.2 Å². The van der Waals surface area contributed by atoms with Crippen LogP contribution in [0, 0.1) is 5.82 Å². The summed E-state index contributed by atoms with van der Waals surface area (Å²) in [6, 6.07) is 21.7. The lowest BCUT2D eigenvalue weighted by atomic mass is 10.2. The number of halogens is 1. The molecule has 5 nitrogen and oxygen atoms in total. The minimum Gasteiger partial charge on any atom is -0.496 e. The number of benzene rings is 3. The van der Waals surface area contributed by atoms with Crippen molar-refractivity contribution in [2.24, 2.45) is 7.05 Å². The number of aryl methyl sites for hydroxylation is 1. The van der Waals surface area contributed by atoms with Gasteiger partial charge in [-0.15, -0.1) is 0 Å². The average Bonchev–Trinajstić information content (AvgIpc) is 3.34. The molecule has 0 fully saturated rings. The van der Waals surface area contributed by atoms with Crippen molar-refractivity contribution in [3.05, 3.63) is 96.1 Å². The highest BCUT2D eigenvalue weighted by Crippen LogP contribution is 2.30. The van der Waals surface area contributed by atoms with Crippen LogP contribution >= 0.6 is 0 Å². The Morgan fingerprint density at radius 1 is 1.00 bits per heavy atom. The molecule has 0 saturated carbocycles. The fourth-order valence-electron chi connectivity index (χ4n) is 4.17. The Morgan fingerprint density at radius 2 is 1.84 bits per heavy atom. The fraction of sp³-hybridized carbons (Fsp3) is 0.115. The number of carbonyl (C=O) groups excluding carboxylic acids is 1. The summed E-state index contributed by atoms with van der Waals surface area (Å²) >= 11 is 0. The van der Waals surface area contributed by atoms with Crippen molar-refractivity contribution in [3.8, 4) is 5.75 Å². The average molecular weight is 427 g/mol. The van der Waals surface area contributed by atoms with E-state index in [1.807, 2.05) is 77.0 Å². The van der Waals surface area contributed by atoms with Gasteiger partial charge in [-0.05, 0) is 60.2 Å². The van der Waals surface area contributed by atoms with Gasteiger partial charge in [0.2, 0.25) is 0 Å². The molecule has 2 aromatic heterocycles. The number of rotatable bonds is 5. The van der Waals surface area contributed by atoms with Gasteiger partial charge in [0.1, 0.15) is 17.3 Å². The Labute approximate surface area is 184 Å². The second-order valence-corrected chi connectivity index (χ2v) is 7.79. The molecule has 0 bridgehead atoms. The zero-order valence-electron chi connectivity index (χ0n) is 17.8. The first kappa shape index (κ1) is 19.9. The van der Waals surface area contributed by atoms with E-state index in [2.05, 4.69) is 5.32 Å². The number of aromatic nitrogens is 2. The topological polar surface area (TPSA) is 48.2 Å². The molecule has 1 N–H and O–H groups in total. The van der Waals surface area contributed by atoms with Crippen molar-refractivity contribution >= 4 is 33.4 Å². The van der Waals surface area contributed by atoms with E-state index in [9.17, 15) is 9.18 Å². The highest BCUT2D eigenvalue weighted by Gasteiger charge is 2.19. The summed E-state index contributed by atoms with van der Waals surface area (Å²) in [7, 11) is 3.59. The van der Waals surface area contributed by atoms with Gasteiger partial charge in [-0.3, -0.25) is 4.79 Å². The Balaban J connectivity index is 1.57. The SMILES string of the molecule is COc1cccc2c1cc(C(=O)Nc1ccc3c(ccn3C)c1)n2Cc1cccc(F)c1. The van der Waals surface area contributed by atoms with Gasteiger partial charge in [0.25, 0.3) is 5.91 Å². The van der Waals surface area contributed by atoms with Crippen LogP contribution in [0.25, 0.3) is 21.8 Å². The summed E-state index contributed by atoms with van der Waals surface area (Å²) in [5.74, 6) is 0.133. The molecule has 32 heavy (non-hydrogen) atoms. The molecule has 5 aromatic rings. The predicted octanol–water partition coefficient (Wildman–Crippen LogP) is 5.58. The van der Waals surface area contributed by atoms with E-state index in [4.69, 9.17) is 4.74 Å². The van der Waals surface area contributed by atoms with Crippen LogP contribution in [-0.2, 0) is 13.6 Å². The molecule has 0 saturated heterocycles. The summed E-state index contributed by atoms with van der Waals surface area (Å²) in [6.07, 6.45) is 1.99. The maximum Gasteiger partial charge on any atom is 0.272 e. The first-order valence-corrected chi connectivity index (χ1v) is 10.3. The van der Waals surface area contributed by atoms with Crippen LogP contribution in [0.1, 0.15) is 16.1 Å². The molecular formula is C26H22FN3O2. The Hall–Kier alpha value is -4.06. The van der Waals surface area contributed by atoms with Crippen molar-refractivity contribution in [1.29, 1.82) is 0 Å². The maximum atomic E-state index is 13.8. The third kappa shape index (κ3) is 3.50.